The van der Waals surface area contributed by atoms with Crippen LogP contribution in [-0.4, -0.2) is 27.0 Å². The van der Waals surface area contributed by atoms with Crippen LogP contribution < -0.4 is 5.32 Å². The summed E-state index contributed by atoms with van der Waals surface area (Å²) in [5, 5.41) is 11.9. The number of rotatable bonds is 4. The molecule has 0 saturated carbocycles. The smallest absolute Gasteiger partial charge is 0.303 e. The molecule has 0 bridgehead atoms. The molecule has 6 nitrogen and oxygen atoms in total. The molecule has 2 heterocycles. The van der Waals surface area contributed by atoms with Crippen molar-refractivity contribution in [3.05, 3.63) is 24.5 Å². The number of aromatic nitrogens is 2. The first kappa shape index (κ1) is 11.1. The minimum absolute atomic E-state index is 0.0412. The normalized spacial score (nSPS) is 10.4. The lowest BCUT2D eigenvalue weighted by atomic mass is 10.2. The summed E-state index contributed by atoms with van der Waals surface area (Å²) in [5.41, 5.74) is 1.31. The van der Waals surface area contributed by atoms with Crippen LogP contribution in [0, 0.1) is 0 Å². The van der Waals surface area contributed by atoms with Gasteiger partial charge in [-0.15, -0.1) is 0 Å². The number of H-pyrrole nitrogens is 1. The molecule has 2 aromatic rings. The van der Waals surface area contributed by atoms with Crippen molar-refractivity contribution in [2.45, 2.75) is 12.8 Å². The third-order valence-corrected chi connectivity index (χ3v) is 2.25. The zero-order valence-electron chi connectivity index (χ0n) is 8.93. The van der Waals surface area contributed by atoms with E-state index < -0.39 is 5.97 Å². The Kier molecular flexibility index (Phi) is 3.04. The van der Waals surface area contributed by atoms with E-state index in [1.807, 2.05) is 6.07 Å². The van der Waals surface area contributed by atoms with Crippen LogP contribution in [0.15, 0.2) is 24.5 Å². The lowest BCUT2D eigenvalue weighted by Crippen LogP contribution is -2.13. The second-order valence-electron chi connectivity index (χ2n) is 3.58. The standard InChI is InChI=1S/C11H11N3O3/c15-9(1-2-10(16)17)14-8-5-7-3-4-12-11(7)13-6-8/h3-6H,1-2H2,(H,12,13)(H,14,15)(H,16,17). The van der Waals surface area contributed by atoms with Crippen molar-refractivity contribution < 1.29 is 14.7 Å². The average molecular weight is 233 g/mol. The van der Waals surface area contributed by atoms with Gasteiger partial charge in [-0.2, -0.15) is 0 Å². The van der Waals surface area contributed by atoms with Gasteiger partial charge in [-0.25, -0.2) is 4.98 Å². The number of nitrogens with zero attached hydrogens (tertiary/aromatic N) is 1. The van der Waals surface area contributed by atoms with Gasteiger partial charge in [-0.1, -0.05) is 0 Å². The molecule has 0 atom stereocenters. The number of aromatic amines is 1. The van der Waals surface area contributed by atoms with Crippen LogP contribution in [0.4, 0.5) is 5.69 Å². The van der Waals surface area contributed by atoms with E-state index in [-0.39, 0.29) is 18.7 Å². The maximum Gasteiger partial charge on any atom is 0.303 e. The number of nitrogens with one attached hydrogen (secondary N) is 2. The third kappa shape index (κ3) is 2.81. The molecule has 3 N–H and O–H groups in total. The molecule has 17 heavy (non-hydrogen) atoms. The summed E-state index contributed by atoms with van der Waals surface area (Å²) >= 11 is 0. The summed E-state index contributed by atoms with van der Waals surface area (Å²) < 4.78 is 0. The Labute approximate surface area is 96.7 Å². The van der Waals surface area contributed by atoms with Crippen molar-refractivity contribution in [1.29, 1.82) is 0 Å². The predicted molar refractivity (Wildman–Crippen MR) is 61.6 cm³/mol. The van der Waals surface area contributed by atoms with Gasteiger partial charge < -0.3 is 15.4 Å². The number of hydrogen-bond acceptors (Lipinski definition) is 3. The first-order valence-electron chi connectivity index (χ1n) is 5.10. The topological polar surface area (TPSA) is 95.1 Å². The van der Waals surface area contributed by atoms with Gasteiger partial charge in [0.15, 0.2) is 0 Å². The van der Waals surface area contributed by atoms with Crippen molar-refractivity contribution in [1.82, 2.24) is 9.97 Å². The number of pyridine rings is 1. The minimum Gasteiger partial charge on any atom is -0.481 e. The molecule has 1 amide bonds. The van der Waals surface area contributed by atoms with Crippen LogP contribution in [0.25, 0.3) is 11.0 Å². The number of amides is 1. The maximum absolute atomic E-state index is 11.4. The lowest BCUT2D eigenvalue weighted by Gasteiger charge is -2.03. The highest BCUT2D eigenvalue weighted by atomic mass is 16.4. The van der Waals surface area contributed by atoms with Crippen LogP contribution in [0.5, 0.6) is 0 Å². The Morgan fingerprint density at radius 1 is 1.41 bits per heavy atom. The van der Waals surface area contributed by atoms with Gasteiger partial charge in [0, 0.05) is 18.0 Å². The Morgan fingerprint density at radius 3 is 3.00 bits per heavy atom. The first-order valence-corrected chi connectivity index (χ1v) is 5.10. The third-order valence-electron chi connectivity index (χ3n) is 2.25. The molecule has 0 radical (unpaired) electrons. The van der Waals surface area contributed by atoms with E-state index in [2.05, 4.69) is 15.3 Å². The Hall–Kier alpha value is -2.37. The van der Waals surface area contributed by atoms with Gasteiger partial charge >= 0.3 is 5.97 Å². The van der Waals surface area contributed by atoms with E-state index in [4.69, 9.17) is 5.11 Å². The molecule has 2 rings (SSSR count). The number of fused-ring (bicyclic) bond motifs is 1. The van der Waals surface area contributed by atoms with E-state index >= 15 is 0 Å². The van der Waals surface area contributed by atoms with E-state index in [9.17, 15) is 9.59 Å². The van der Waals surface area contributed by atoms with E-state index in [0.29, 0.717) is 5.69 Å². The number of carbonyl (C=O) groups is 2. The first-order chi connectivity index (χ1) is 8.15. The maximum atomic E-state index is 11.4. The molecule has 88 valence electrons. The van der Waals surface area contributed by atoms with Gasteiger partial charge in [0.2, 0.25) is 5.91 Å². The molecule has 0 unspecified atom stereocenters. The average Bonchev–Trinajstić information content (AvgIpc) is 2.73. The molecule has 0 aliphatic carbocycles. The summed E-state index contributed by atoms with van der Waals surface area (Å²) in [6.45, 7) is 0. The fourth-order valence-corrected chi connectivity index (χ4v) is 1.45. The number of anilines is 1. The Bertz CT molecular complexity index is 562. The zero-order valence-corrected chi connectivity index (χ0v) is 8.93. The van der Waals surface area contributed by atoms with Crippen molar-refractivity contribution in [2.75, 3.05) is 5.32 Å². The summed E-state index contributed by atoms with van der Waals surface area (Å²) in [5.74, 6) is -1.32. The SMILES string of the molecule is O=C(O)CCC(=O)Nc1cnc2[nH]ccc2c1. The predicted octanol–water partition coefficient (Wildman–Crippen LogP) is 1.37. The van der Waals surface area contributed by atoms with Gasteiger partial charge in [0.25, 0.3) is 0 Å². The second-order valence-corrected chi connectivity index (χ2v) is 3.58. The van der Waals surface area contributed by atoms with Gasteiger partial charge in [0.1, 0.15) is 5.65 Å². The molecule has 6 heteroatoms. The van der Waals surface area contributed by atoms with Crippen molar-refractivity contribution >= 4 is 28.6 Å². The number of carboxylic acids is 1. The van der Waals surface area contributed by atoms with Gasteiger partial charge in [-0.3, -0.25) is 9.59 Å². The molecule has 0 aromatic carbocycles. The number of hydrogen-bond donors (Lipinski definition) is 3. The largest absolute Gasteiger partial charge is 0.481 e. The van der Waals surface area contributed by atoms with E-state index in [1.54, 1.807) is 12.3 Å². The van der Waals surface area contributed by atoms with Gasteiger partial charge in [0.05, 0.1) is 18.3 Å². The van der Waals surface area contributed by atoms with Crippen molar-refractivity contribution in [3.63, 3.8) is 0 Å². The summed E-state index contributed by atoms with van der Waals surface area (Å²) in [4.78, 5) is 28.7. The highest BCUT2D eigenvalue weighted by Crippen LogP contribution is 2.15. The van der Waals surface area contributed by atoms with Crippen LogP contribution in [-0.2, 0) is 9.59 Å². The molecule has 0 spiro atoms. The summed E-state index contributed by atoms with van der Waals surface area (Å²) in [7, 11) is 0. The minimum atomic E-state index is -0.987. The number of carbonyl (C=O) groups excluding carboxylic acids is 1. The fourth-order valence-electron chi connectivity index (χ4n) is 1.45. The molecule has 0 fully saturated rings. The molecule has 0 saturated heterocycles. The molecule has 0 aliphatic heterocycles. The second kappa shape index (κ2) is 4.65. The number of carboxylic acid groups (broad SMARTS) is 1. The van der Waals surface area contributed by atoms with Crippen molar-refractivity contribution in [3.8, 4) is 0 Å². The monoisotopic (exact) mass is 233 g/mol. The molecule has 2 aromatic heterocycles. The summed E-state index contributed by atoms with van der Waals surface area (Å²) in [6, 6.07) is 3.62. The van der Waals surface area contributed by atoms with Gasteiger partial charge in [-0.05, 0) is 12.1 Å². The van der Waals surface area contributed by atoms with Crippen molar-refractivity contribution in [2.24, 2.45) is 0 Å². The Morgan fingerprint density at radius 2 is 2.24 bits per heavy atom. The molecular weight excluding hydrogens is 222 g/mol. The van der Waals surface area contributed by atoms with Crippen LogP contribution in [0.1, 0.15) is 12.8 Å². The Balaban J connectivity index is 2.02. The van der Waals surface area contributed by atoms with Crippen LogP contribution in [0.2, 0.25) is 0 Å². The van der Waals surface area contributed by atoms with Crippen LogP contribution >= 0.6 is 0 Å². The van der Waals surface area contributed by atoms with Crippen LogP contribution in [0.3, 0.4) is 0 Å². The highest BCUT2D eigenvalue weighted by molar-refractivity contribution is 5.94. The molecular formula is C11H11N3O3. The highest BCUT2D eigenvalue weighted by Gasteiger charge is 2.06. The zero-order chi connectivity index (χ0) is 12.3. The lowest BCUT2D eigenvalue weighted by molar-refractivity contribution is -0.138. The fraction of sp³-hybridized carbons (Fsp3) is 0.182. The number of aliphatic carboxylic acids is 1. The quantitative estimate of drug-likeness (QED) is 0.743. The summed E-state index contributed by atoms with van der Waals surface area (Å²) in [6.07, 6.45) is 3.07. The molecule has 0 aliphatic rings. The van der Waals surface area contributed by atoms with E-state index in [0.717, 1.165) is 11.0 Å². The van der Waals surface area contributed by atoms with E-state index in [1.165, 1.54) is 6.20 Å².